The topological polar surface area (TPSA) is 143 Å². The molecule has 0 spiro atoms. The van der Waals surface area contributed by atoms with Crippen LogP contribution in [0.1, 0.15) is 48.8 Å². The predicted molar refractivity (Wildman–Crippen MR) is 168 cm³/mol. The number of fused-ring (bicyclic) bond motifs is 1. The number of anilines is 1. The Kier molecular flexibility index (Phi) is 9.59. The van der Waals surface area contributed by atoms with Gasteiger partial charge in [0.2, 0.25) is 5.91 Å². The lowest BCUT2D eigenvalue weighted by Crippen LogP contribution is -2.41. The molecule has 3 amide bonds. The van der Waals surface area contributed by atoms with Gasteiger partial charge in [0.25, 0.3) is 10.1 Å². The third-order valence-corrected chi connectivity index (χ3v) is 9.29. The maximum atomic E-state index is 13.3. The standard InChI is InChI=1S/C32H41N5O6S/c1-23-7-3-11-29(24(23)2)43-17-6-12-30(38)37-16-5-9-27-26(8-4-10-28(27)37)25-19-35-36(20-25)22-32(13-14-32)21-34-31(39)33-15-18-44(40,41)42/h3-4,7-8,10-11,19-20H,5-6,9,12-18,21-22H2,1-2H3,(H2,33,34,39)(H,40,41,42). The van der Waals surface area contributed by atoms with Crippen molar-refractivity contribution in [2.75, 3.05) is 36.9 Å². The Bertz CT molecular complexity index is 1610. The lowest BCUT2D eigenvalue weighted by atomic mass is 9.93. The van der Waals surface area contributed by atoms with E-state index in [1.807, 2.05) is 53.2 Å². The highest BCUT2D eigenvalue weighted by atomic mass is 32.2. The van der Waals surface area contributed by atoms with E-state index in [0.29, 0.717) is 39.1 Å². The number of amides is 3. The van der Waals surface area contributed by atoms with Crippen LogP contribution in [0, 0.1) is 19.3 Å². The van der Waals surface area contributed by atoms with Gasteiger partial charge < -0.3 is 20.3 Å². The lowest BCUT2D eigenvalue weighted by Gasteiger charge is -2.31. The minimum Gasteiger partial charge on any atom is -0.493 e. The number of carbonyl (C=O) groups excluding carboxylic acids is 2. The smallest absolute Gasteiger partial charge is 0.314 e. The minimum absolute atomic E-state index is 0.105. The van der Waals surface area contributed by atoms with Gasteiger partial charge in [-0.1, -0.05) is 24.3 Å². The largest absolute Gasteiger partial charge is 0.493 e. The molecule has 236 valence electrons. The fourth-order valence-electron chi connectivity index (χ4n) is 5.70. The van der Waals surface area contributed by atoms with E-state index in [4.69, 9.17) is 9.29 Å². The molecule has 0 radical (unpaired) electrons. The maximum absolute atomic E-state index is 13.3. The fourth-order valence-corrected chi connectivity index (χ4v) is 6.06. The van der Waals surface area contributed by atoms with Gasteiger partial charge in [-0.15, -0.1) is 0 Å². The third-order valence-electron chi connectivity index (χ3n) is 8.57. The van der Waals surface area contributed by atoms with Crippen LogP contribution in [0.25, 0.3) is 11.1 Å². The zero-order valence-electron chi connectivity index (χ0n) is 25.3. The number of aromatic nitrogens is 2. The number of hydrogen-bond donors (Lipinski definition) is 3. The molecule has 12 heteroatoms. The molecule has 1 saturated carbocycles. The highest BCUT2D eigenvalue weighted by Gasteiger charge is 2.43. The van der Waals surface area contributed by atoms with Gasteiger partial charge in [0.05, 0.1) is 18.6 Å². The monoisotopic (exact) mass is 623 g/mol. The Labute approximate surface area is 258 Å². The normalized spacial score (nSPS) is 15.4. The molecule has 1 aliphatic heterocycles. The Hall–Kier alpha value is -3.90. The Morgan fingerprint density at radius 3 is 2.68 bits per heavy atom. The summed E-state index contributed by atoms with van der Waals surface area (Å²) in [5.41, 5.74) is 6.39. The van der Waals surface area contributed by atoms with Gasteiger partial charge >= 0.3 is 6.03 Å². The summed E-state index contributed by atoms with van der Waals surface area (Å²) < 4.78 is 38.3. The van der Waals surface area contributed by atoms with Gasteiger partial charge in [-0.25, -0.2) is 4.79 Å². The van der Waals surface area contributed by atoms with Crippen LogP contribution >= 0.6 is 0 Å². The van der Waals surface area contributed by atoms with Crippen LogP contribution in [0.5, 0.6) is 5.75 Å². The van der Waals surface area contributed by atoms with Crippen molar-refractivity contribution >= 4 is 27.7 Å². The summed E-state index contributed by atoms with van der Waals surface area (Å²) in [4.78, 5) is 27.3. The number of rotatable bonds is 13. The molecular formula is C32H41N5O6S. The third kappa shape index (κ3) is 7.97. The quantitative estimate of drug-likeness (QED) is 0.191. The highest BCUT2D eigenvalue weighted by Crippen LogP contribution is 2.46. The SMILES string of the molecule is Cc1cccc(OCCCC(=O)N2CCCc3c(-c4cnn(CC5(CNC(=O)NCCS(=O)(=O)O)CC5)c4)cccc32)c1C. The second-order valence-corrected chi connectivity index (χ2v) is 13.5. The molecular weight excluding hydrogens is 582 g/mol. The molecule has 3 N–H and O–H groups in total. The van der Waals surface area contributed by atoms with Gasteiger partial charge in [0.1, 0.15) is 5.75 Å². The van der Waals surface area contributed by atoms with Crippen LogP contribution in [0.4, 0.5) is 10.5 Å². The second-order valence-electron chi connectivity index (χ2n) is 11.9. The number of aryl methyl sites for hydroxylation is 1. The summed E-state index contributed by atoms with van der Waals surface area (Å²) in [6.07, 6.45) is 8.61. The van der Waals surface area contributed by atoms with Crippen LogP contribution in [0.2, 0.25) is 0 Å². The summed E-state index contributed by atoms with van der Waals surface area (Å²) in [6.45, 7) is 6.22. The fraction of sp³-hybridized carbons (Fsp3) is 0.469. The first-order valence-electron chi connectivity index (χ1n) is 15.1. The van der Waals surface area contributed by atoms with Crippen molar-refractivity contribution in [3.63, 3.8) is 0 Å². The molecule has 11 nitrogen and oxygen atoms in total. The molecule has 5 rings (SSSR count). The van der Waals surface area contributed by atoms with Crippen molar-refractivity contribution in [1.82, 2.24) is 20.4 Å². The van der Waals surface area contributed by atoms with Crippen LogP contribution in [0.15, 0.2) is 48.8 Å². The summed E-state index contributed by atoms with van der Waals surface area (Å²) in [6, 6.07) is 11.6. The highest BCUT2D eigenvalue weighted by molar-refractivity contribution is 7.85. The zero-order valence-corrected chi connectivity index (χ0v) is 26.2. The maximum Gasteiger partial charge on any atom is 0.314 e. The van der Waals surface area contributed by atoms with E-state index in [0.717, 1.165) is 59.4 Å². The molecule has 1 aromatic heterocycles. The van der Waals surface area contributed by atoms with E-state index in [1.54, 1.807) is 0 Å². The molecule has 2 heterocycles. The van der Waals surface area contributed by atoms with E-state index in [9.17, 15) is 18.0 Å². The lowest BCUT2D eigenvalue weighted by molar-refractivity contribution is -0.118. The van der Waals surface area contributed by atoms with Crippen molar-refractivity contribution in [3.05, 3.63) is 65.5 Å². The summed E-state index contributed by atoms with van der Waals surface area (Å²) in [7, 11) is -4.12. The number of hydrogen-bond acceptors (Lipinski definition) is 6. The first-order valence-corrected chi connectivity index (χ1v) is 16.8. The Morgan fingerprint density at radius 2 is 1.91 bits per heavy atom. The van der Waals surface area contributed by atoms with Gasteiger partial charge in [0.15, 0.2) is 0 Å². The number of carbonyl (C=O) groups is 2. The van der Waals surface area contributed by atoms with Crippen LogP contribution < -0.4 is 20.3 Å². The van der Waals surface area contributed by atoms with E-state index >= 15 is 0 Å². The Morgan fingerprint density at radius 1 is 1.11 bits per heavy atom. The van der Waals surface area contributed by atoms with Crippen molar-refractivity contribution in [3.8, 4) is 16.9 Å². The van der Waals surface area contributed by atoms with E-state index < -0.39 is 21.9 Å². The van der Waals surface area contributed by atoms with Crippen LogP contribution in [-0.4, -0.2) is 66.7 Å². The zero-order chi connectivity index (χ0) is 31.3. The number of urea groups is 1. The molecule has 0 unspecified atom stereocenters. The molecule has 2 aromatic carbocycles. The predicted octanol–water partition coefficient (Wildman–Crippen LogP) is 4.27. The average Bonchev–Trinajstić information content (AvgIpc) is 3.60. The van der Waals surface area contributed by atoms with Gasteiger partial charge in [-0.3, -0.25) is 14.0 Å². The molecule has 44 heavy (non-hydrogen) atoms. The molecule has 0 saturated heterocycles. The van der Waals surface area contributed by atoms with Crippen molar-refractivity contribution in [1.29, 1.82) is 0 Å². The molecule has 0 atom stereocenters. The van der Waals surface area contributed by atoms with E-state index in [-0.39, 0.29) is 17.9 Å². The first-order chi connectivity index (χ1) is 21.0. The minimum atomic E-state index is -4.12. The number of benzene rings is 2. The summed E-state index contributed by atoms with van der Waals surface area (Å²) in [5.74, 6) is 0.447. The van der Waals surface area contributed by atoms with Crippen LogP contribution in [0.3, 0.4) is 0 Å². The van der Waals surface area contributed by atoms with Gasteiger partial charge in [-0.2, -0.15) is 13.5 Å². The second kappa shape index (κ2) is 13.4. The molecule has 0 bridgehead atoms. The van der Waals surface area contributed by atoms with Gasteiger partial charge in [0, 0.05) is 55.5 Å². The molecule has 2 aliphatic rings. The van der Waals surface area contributed by atoms with E-state index in [1.165, 1.54) is 5.56 Å². The van der Waals surface area contributed by atoms with Crippen molar-refractivity contribution in [2.24, 2.45) is 5.41 Å². The summed E-state index contributed by atoms with van der Waals surface area (Å²) in [5, 5.41) is 9.86. The van der Waals surface area contributed by atoms with Crippen LogP contribution in [-0.2, 0) is 27.9 Å². The number of nitrogens with zero attached hydrogens (tertiary/aromatic N) is 3. The number of ether oxygens (including phenoxy) is 1. The summed E-state index contributed by atoms with van der Waals surface area (Å²) >= 11 is 0. The van der Waals surface area contributed by atoms with Gasteiger partial charge in [-0.05, 0) is 80.3 Å². The molecule has 3 aromatic rings. The first kappa shape index (κ1) is 31.5. The average molecular weight is 624 g/mol. The van der Waals surface area contributed by atoms with Crippen molar-refractivity contribution in [2.45, 2.75) is 58.9 Å². The Balaban J connectivity index is 1.16. The molecule has 1 fully saturated rings. The number of nitrogens with one attached hydrogen (secondary N) is 2. The van der Waals surface area contributed by atoms with E-state index in [2.05, 4.69) is 34.8 Å². The molecule has 1 aliphatic carbocycles. The van der Waals surface area contributed by atoms with Crippen molar-refractivity contribution < 1.29 is 27.3 Å².